The minimum Gasteiger partial charge on any atom is -0.509 e. The van der Waals surface area contributed by atoms with Crippen LogP contribution in [0.3, 0.4) is 0 Å². The van der Waals surface area contributed by atoms with Crippen molar-refractivity contribution < 1.29 is 28.9 Å². The predicted molar refractivity (Wildman–Crippen MR) is 54.8 cm³/mol. The van der Waals surface area contributed by atoms with Gasteiger partial charge in [-0.1, -0.05) is 0 Å². The summed E-state index contributed by atoms with van der Waals surface area (Å²) in [4.78, 5) is 0. The molecule has 0 aliphatic carbocycles. The van der Waals surface area contributed by atoms with Crippen molar-refractivity contribution in [1.82, 2.24) is 0 Å². The third-order valence-corrected chi connectivity index (χ3v) is 2.07. The maximum absolute atomic E-state index is 8.74. The van der Waals surface area contributed by atoms with Gasteiger partial charge in [-0.2, -0.15) is 0 Å². The molecule has 1 aromatic carbocycles. The first-order valence-corrected chi connectivity index (χ1v) is 4.71. The van der Waals surface area contributed by atoms with Gasteiger partial charge in [-0.15, -0.1) is 0 Å². The van der Waals surface area contributed by atoms with E-state index in [-0.39, 0.29) is 5.75 Å². The zero-order chi connectivity index (χ0) is 11.5. The van der Waals surface area contributed by atoms with E-state index in [1.807, 2.05) is 0 Å². The summed E-state index contributed by atoms with van der Waals surface area (Å²) in [6.45, 7) is 0.784. The Bertz CT molecular complexity index is 381. The molecule has 2 N–H and O–H groups in total. The smallest absolute Gasteiger partial charge is 0.509 e. The normalized spacial score (nSPS) is 13.2. The lowest BCUT2D eigenvalue weighted by Crippen LogP contribution is -2.23. The number of methoxy groups -OCH3 is 1. The third-order valence-electron chi connectivity index (χ3n) is 2.07. The molecule has 0 amide bonds. The van der Waals surface area contributed by atoms with Crippen molar-refractivity contribution in [3.05, 3.63) is 12.1 Å². The summed E-state index contributed by atoms with van der Waals surface area (Å²) in [6.07, 6.45) is 0. The Morgan fingerprint density at radius 3 is 2.25 bits per heavy atom. The second-order valence-electron chi connectivity index (χ2n) is 3.07. The summed E-state index contributed by atoms with van der Waals surface area (Å²) >= 11 is 0. The third kappa shape index (κ3) is 2.00. The Balaban J connectivity index is 2.40. The molecule has 2 rings (SSSR count). The van der Waals surface area contributed by atoms with E-state index in [4.69, 9.17) is 28.9 Å². The number of rotatable bonds is 3. The molecule has 0 atom stereocenters. The van der Waals surface area contributed by atoms with E-state index in [0.717, 1.165) is 0 Å². The number of hydrogen-bond donors (Lipinski definition) is 2. The lowest BCUT2D eigenvalue weighted by Gasteiger charge is -2.22. The molecule has 86 valence electrons. The zero-order valence-corrected chi connectivity index (χ0v) is 8.67. The average molecular weight is 226 g/mol. The molecular weight excluding hydrogens is 215 g/mol. The first kappa shape index (κ1) is 10.9. The monoisotopic (exact) mass is 226 g/mol. The number of hydrogen-bond acceptors (Lipinski definition) is 6. The van der Waals surface area contributed by atoms with Gasteiger partial charge in [0.2, 0.25) is 11.5 Å². The van der Waals surface area contributed by atoms with Gasteiger partial charge in [0.25, 0.3) is 0 Å². The largest absolute Gasteiger partial charge is 0.707 e. The Morgan fingerprint density at radius 2 is 1.69 bits per heavy atom. The van der Waals surface area contributed by atoms with E-state index in [1.165, 1.54) is 13.2 Å². The van der Waals surface area contributed by atoms with Gasteiger partial charge in [0, 0.05) is 0 Å². The van der Waals surface area contributed by atoms with Crippen molar-refractivity contribution in [3.8, 4) is 23.0 Å². The van der Waals surface area contributed by atoms with Gasteiger partial charge in [0.15, 0.2) is 5.75 Å². The molecule has 1 aromatic rings. The van der Waals surface area contributed by atoms with Crippen LogP contribution in [-0.2, 0) is 0 Å². The molecule has 0 aromatic heterocycles. The van der Waals surface area contributed by atoms with Crippen LogP contribution in [0.15, 0.2) is 12.1 Å². The molecule has 0 radical (unpaired) electrons. The van der Waals surface area contributed by atoms with Gasteiger partial charge in [-0.25, -0.2) is 0 Å². The lowest BCUT2D eigenvalue weighted by molar-refractivity contribution is 0.159. The summed E-state index contributed by atoms with van der Waals surface area (Å²) in [5, 5.41) is 17.5. The quantitative estimate of drug-likeness (QED) is 0.696. The maximum Gasteiger partial charge on any atom is 0.707 e. The molecule has 16 heavy (non-hydrogen) atoms. The van der Waals surface area contributed by atoms with Crippen LogP contribution in [0.5, 0.6) is 23.0 Å². The Hall–Kier alpha value is -1.60. The molecular formula is C9H11BO6. The topological polar surface area (TPSA) is 77.4 Å². The Labute approximate surface area is 92.5 Å². The molecule has 1 aliphatic heterocycles. The minimum atomic E-state index is -1.90. The summed E-state index contributed by atoms with van der Waals surface area (Å²) in [5.74, 6) is 1.44. The van der Waals surface area contributed by atoms with Crippen molar-refractivity contribution in [3.63, 3.8) is 0 Å². The van der Waals surface area contributed by atoms with Gasteiger partial charge in [0.1, 0.15) is 19.0 Å². The van der Waals surface area contributed by atoms with Gasteiger partial charge in [0.05, 0.1) is 7.11 Å². The van der Waals surface area contributed by atoms with Crippen LogP contribution >= 0.6 is 0 Å². The van der Waals surface area contributed by atoms with Crippen LogP contribution in [0.2, 0.25) is 0 Å². The number of ether oxygens (including phenoxy) is 3. The summed E-state index contributed by atoms with van der Waals surface area (Å²) in [6, 6.07) is 3.12. The summed E-state index contributed by atoms with van der Waals surface area (Å²) < 4.78 is 20.6. The first-order chi connectivity index (χ1) is 7.72. The van der Waals surface area contributed by atoms with Gasteiger partial charge in [-0.3, -0.25) is 0 Å². The fourth-order valence-corrected chi connectivity index (χ4v) is 1.45. The molecule has 0 unspecified atom stereocenters. The van der Waals surface area contributed by atoms with Crippen LogP contribution in [0, 0.1) is 0 Å². The van der Waals surface area contributed by atoms with Crippen molar-refractivity contribution in [1.29, 1.82) is 0 Å². The van der Waals surface area contributed by atoms with Crippen LogP contribution in [0.4, 0.5) is 0 Å². The molecule has 1 heterocycles. The average Bonchev–Trinajstić information content (AvgIpc) is 2.29. The van der Waals surface area contributed by atoms with Crippen LogP contribution in [0.25, 0.3) is 0 Å². The lowest BCUT2D eigenvalue weighted by atomic mass is 10.2. The van der Waals surface area contributed by atoms with E-state index < -0.39 is 7.32 Å². The zero-order valence-electron chi connectivity index (χ0n) is 8.67. The van der Waals surface area contributed by atoms with Gasteiger partial charge >= 0.3 is 7.32 Å². The predicted octanol–water partition coefficient (Wildman–Crippen LogP) is -0.185. The van der Waals surface area contributed by atoms with E-state index >= 15 is 0 Å². The highest BCUT2D eigenvalue weighted by atomic mass is 16.6. The second kappa shape index (κ2) is 4.50. The van der Waals surface area contributed by atoms with E-state index in [1.54, 1.807) is 6.07 Å². The molecule has 1 aliphatic rings. The van der Waals surface area contributed by atoms with Crippen LogP contribution < -0.4 is 18.9 Å². The molecule has 6 nitrogen and oxygen atoms in total. The van der Waals surface area contributed by atoms with E-state index in [9.17, 15) is 0 Å². The number of benzene rings is 1. The van der Waals surface area contributed by atoms with Gasteiger partial charge < -0.3 is 28.9 Å². The van der Waals surface area contributed by atoms with Crippen LogP contribution in [-0.4, -0.2) is 37.7 Å². The van der Waals surface area contributed by atoms with E-state index in [0.29, 0.717) is 30.5 Å². The molecule has 0 spiro atoms. The highest BCUT2D eigenvalue weighted by molar-refractivity contribution is 6.33. The fourth-order valence-electron chi connectivity index (χ4n) is 1.45. The molecule has 0 fully saturated rings. The maximum atomic E-state index is 8.74. The standard InChI is InChI=1S/C9H11BO6/c1-13-6-2-3-7(16-10(11)12)9-8(6)14-4-5-15-9/h2-3,11-12H,4-5H2,1H3. The summed E-state index contributed by atoms with van der Waals surface area (Å²) in [5.41, 5.74) is 0. The number of fused-ring (bicyclic) bond motifs is 1. The molecule has 0 saturated carbocycles. The SMILES string of the molecule is COc1ccc(OB(O)O)c2c1OCCO2. The Morgan fingerprint density at radius 1 is 1.12 bits per heavy atom. The van der Waals surface area contributed by atoms with Crippen molar-refractivity contribution in [2.45, 2.75) is 0 Å². The van der Waals surface area contributed by atoms with Crippen molar-refractivity contribution in [2.75, 3.05) is 20.3 Å². The van der Waals surface area contributed by atoms with Gasteiger partial charge in [-0.05, 0) is 12.1 Å². The molecule has 0 bridgehead atoms. The second-order valence-corrected chi connectivity index (χ2v) is 3.07. The molecule has 0 saturated heterocycles. The Kier molecular flexibility index (Phi) is 3.07. The highest BCUT2D eigenvalue weighted by Crippen LogP contribution is 2.45. The van der Waals surface area contributed by atoms with Crippen LogP contribution in [0.1, 0.15) is 0 Å². The first-order valence-electron chi connectivity index (χ1n) is 4.71. The fraction of sp³-hybridized carbons (Fsp3) is 0.333. The molecule has 7 heteroatoms. The van der Waals surface area contributed by atoms with Crippen molar-refractivity contribution >= 4 is 7.32 Å². The highest BCUT2D eigenvalue weighted by Gasteiger charge is 2.24. The minimum absolute atomic E-state index is 0.200. The summed E-state index contributed by atoms with van der Waals surface area (Å²) in [7, 11) is -0.391. The van der Waals surface area contributed by atoms with Crippen molar-refractivity contribution in [2.24, 2.45) is 0 Å². The van der Waals surface area contributed by atoms with E-state index in [2.05, 4.69) is 0 Å².